The molecule has 1 heteroatoms. The van der Waals surface area contributed by atoms with Crippen molar-refractivity contribution in [3.05, 3.63) is 70.3 Å². The molecule has 3 rings (SSSR count). The van der Waals surface area contributed by atoms with Crippen molar-refractivity contribution in [2.45, 2.75) is 45.4 Å². The van der Waals surface area contributed by atoms with E-state index in [1.54, 1.807) is 0 Å². The van der Waals surface area contributed by atoms with Gasteiger partial charge in [0.1, 0.15) is 5.78 Å². The molecule has 1 nitrogen and oxygen atoms in total. The van der Waals surface area contributed by atoms with E-state index in [4.69, 9.17) is 0 Å². The lowest BCUT2D eigenvalue weighted by atomic mass is 9.95. The minimum Gasteiger partial charge on any atom is -0.300 e. The van der Waals surface area contributed by atoms with E-state index in [0.29, 0.717) is 18.6 Å². The SMILES string of the molecule is CCC(=O)CCc1cc2c(cc1/C=C/c1ccccc1)CCC2. The summed E-state index contributed by atoms with van der Waals surface area (Å²) in [4.78, 5) is 11.7. The van der Waals surface area contributed by atoms with E-state index < -0.39 is 0 Å². The molecular weight excluding hydrogens is 280 g/mol. The van der Waals surface area contributed by atoms with Gasteiger partial charge in [0.15, 0.2) is 0 Å². The lowest BCUT2D eigenvalue weighted by Crippen LogP contribution is -2.00. The van der Waals surface area contributed by atoms with E-state index in [0.717, 1.165) is 6.42 Å². The van der Waals surface area contributed by atoms with Crippen LogP contribution in [0, 0.1) is 0 Å². The summed E-state index contributed by atoms with van der Waals surface area (Å²) in [7, 11) is 0. The number of fused-ring (bicyclic) bond motifs is 1. The predicted molar refractivity (Wildman–Crippen MR) is 97.5 cm³/mol. The van der Waals surface area contributed by atoms with E-state index in [1.165, 1.54) is 47.1 Å². The van der Waals surface area contributed by atoms with Crippen LogP contribution in [0.1, 0.15) is 54.0 Å². The molecule has 1 aliphatic carbocycles. The van der Waals surface area contributed by atoms with Crippen molar-refractivity contribution < 1.29 is 4.79 Å². The molecule has 0 N–H and O–H groups in total. The Labute approximate surface area is 139 Å². The zero-order valence-corrected chi connectivity index (χ0v) is 13.8. The molecule has 0 atom stereocenters. The molecule has 0 bridgehead atoms. The van der Waals surface area contributed by atoms with Crippen molar-refractivity contribution in [2.24, 2.45) is 0 Å². The summed E-state index contributed by atoms with van der Waals surface area (Å²) in [6.45, 7) is 1.95. The lowest BCUT2D eigenvalue weighted by molar-refractivity contribution is -0.118. The smallest absolute Gasteiger partial charge is 0.132 e. The Bertz CT molecular complexity index is 710. The summed E-state index contributed by atoms with van der Waals surface area (Å²) >= 11 is 0. The molecule has 0 aromatic heterocycles. The maximum absolute atomic E-state index is 11.7. The molecule has 1 aliphatic rings. The number of rotatable bonds is 6. The van der Waals surface area contributed by atoms with Crippen molar-refractivity contribution in [3.8, 4) is 0 Å². The topological polar surface area (TPSA) is 17.1 Å². The molecule has 0 amide bonds. The fourth-order valence-corrected chi connectivity index (χ4v) is 3.27. The van der Waals surface area contributed by atoms with Gasteiger partial charge < -0.3 is 0 Å². The average Bonchev–Trinajstić information content (AvgIpc) is 3.05. The highest BCUT2D eigenvalue weighted by atomic mass is 16.1. The van der Waals surface area contributed by atoms with Crippen molar-refractivity contribution in [1.29, 1.82) is 0 Å². The van der Waals surface area contributed by atoms with E-state index in [9.17, 15) is 4.79 Å². The first-order valence-corrected chi connectivity index (χ1v) is 8.66. The van der Waals surface area contributed by atoms with Crippen LogP contribution < -0.4 is 0 Å². The summed E-state index contributed by atoms with van der Waals surface area (Å²) in [5.41, 5.74) is 6.78. The molecular formula is C22H24O. The van der Waals surface area contributed by atoms with Gasteiger partial charge in [-0.3, -0.25) is 4.79 Å². The predicted octanol–water partition coefficient (Wildman–Crippen LogP) is 5.26. The monoisotopic (exact) mass is 304 g/mol. The molecule has 0 saturated carbocycles. The summed E-state index contributed by atoms with van der Waals surface area (Å²) in [6, 6.07) is 15.1. The Morgan fingerprint density at radius 3 is 2.52 bits per heavy atom. The Hall–Kier alpha value is -2.15. The number of ketones is 1. The molecule has 23 heavy (non-hydrogen) atoms. The van der Waals surface area contributed by atoms with Gasteiger partial charge in [-0.05, 0) is 53.5 Å². The van der Waals surface area contributed by atoms with Crippen LogP contribution in [0.15, 0.2) is 42.5 Å². The number of aryl methyl sites for hydroxylation is 3. The quantitative estimate of drug-likeness (QED) is 0.665. The Kier molecular flexibility index (Phi) is 5.07. The number of hydrogen-bond donors (Lipinski definition) is 0. The van der Waals surface area contributed by atoms with Gasteiger partial charge in [-0.15, -0.1) is 0 Å². The van der Waals surface area contributed by atoms with Gasteiger partial charge in [0.2, 0.25) is 0 Å². The highest BCUT2D eigenvalue weighted by Crippen LogP contribution is 2.27. The normalized spacial score (nSPS) is 13.4. The van der Waals surface area contributed by atoms with Crippen LogP contribution in [0.5, 0.6) is 0 Å². The molecule has 0 saturated heterocycles. The van der Waals surface area contributed by atoms with Crippen molar-refractivity contribution in [2.75, 3.05) is 0 Å². The van der Waals surface area contributed by atoms with Crippen LogP contribution in [-0.2, 0) is 24.1 Å². The Morgan fingerprint density at radius 2 is 1.78 bits per heavy atom. The largest absolute Gasteiger partial charge is 0.300 e. The standard InChI is InChI=1S/C22H24O/c1-2-22(23)14-13-21-16-19-10-6-9-18(19)15-20(21)12-11-17-7-4-3-5-8-17/h3-5,7-8,11-12,15-16H,2,6,9-10,13-14H2,1H3/b12-11+. The van der Waals surface area contributed by atoms with Gasteiger partial charge in [0, 0.05) is 12.8 Å². The Morgan fingerprint density at radius 1 is 1.04 bits per heavy atom. The zero-order valence-electron chi connectivity index (χ0n) is 13.8. The first kappa shape index (κ1) is 15.7. The van der Waals surface area contributed by atoms with E-state index in [-0.39, 0.29) is 0 Å². The third-order valence-electron chi connectivity index (χ3n) is 4.68. The molecule has 0 heterocycles. The van der Waals surface area contributed by atoms with Crippen LogP contribution in [0.3, 0.4) is 0 Å². The van der Waals surface area contributed by atoms with Gasteiger partial charge in [0.25, 0.3) is 0 Å². The second kappa shape index (κ2) is 7.41. The Balaban J connectivity index is 1.87. The van der Waals surface area contributed by atoms with Crippen molar-refractivity contribution >= 4 is 17.9 Å². The first-order valence-electron chi connectivity index (χ1n) is 8.66. The molecule has 0 aliphatic heterocycles. The fourth-order valence-electron chi connectivity index (χ4n) is 3.27. The molecule has 0 radical (unpaired) electrons. The second-order valence-electron chi connectivity index (χ2n) is 6.31. The van der Waals surface area contributed by atoms with Crippen LogP contribution in [-0.4, -0.2) is 5.78 Å². The van der Waals surface area contributed by atoms with Crippen molar-refractivity contribution in [3.63, 3.8) is 0 Å². The molecule has 0 unspecified atom stereocenters. The number of carbonyl (C=O) groups excluding carboxylic acids is 1. The van der Waals surface area contributed by atoms with Gasteiger partial charge in [0.05, 0.1) is 0 Å². The highest BCUT2D eigenvalue weighted by Gasteiger charge is 2.14. The van der Waals surface area contributed by atoms with Gasteiger partial charge in [-0.1, -0.05) is 61.5 Å². The van der Waals surface area contributed by atoms with Gasteiger partial charge in [-0.25, -0.2) is 0 Å². The molecule has 118 valence electrons. The minimum atomic E-state index is 0.350. The number of hydrogen-bond acceptors (Lipinski definition) is 1. The molecule has 2 aromatic carbocycles. The average molecular weight is 304 g/mol. The van der Waals surface area contributed by atoms with Crippen LogP contribution in [0.2, 0.25) is 0 Å². The minimum absolute atomic E-state index is 0.350. The molecule has 0 spiro atoms. The summed E-state index contributed by atoms with van der Waals surface area (Å²) in [5.74, 6) is 0.350. The van der Waals surface area contributed by atoms with Crippen LogP contribution in [0.25, 0.3) is 12.2 Å². The van der Waals surface area contributed by atoms with Gasteiger partial charge >= 0.3 is 0 Å². The van der Waals surface area contributed by atoms with E-state index >= 15 is 0 Å². The number of Topliss-reactive ketones (excluding diaryl/α,β-unsaturated/α-hetero) is 1. The van der Waals surface area contributed by atoms with Crippen LogP contribution >= 0.6 is 0 Å². The third kappa shape index (κ3) is 3.98. The fraction of sp³-hybridized carbons (Fsp3) is 0.318. The second-order valence-corrected chi connectivity index (χ2v) is 6.31. The first-order chi connectivity index (χ1) is 11.3. The third-order valence-corrected chi connectivity index (χ3v) is 4.68. The maximum Gasteiger partial charge on any atom is 0.132 e. The summed E-state index contributed by atoms with van der Waals surface area (Å²) in [5, 5.41) is 0. The number of benzene rings is 2. The highest BCUT2D eigenvalue weighted by molar-refractivity contribution is 5.79. The number of carbonyl (C=O) groups is 1. The van der Waals surface area contributed by atoms with E-state index in [1.807, 2.05) is 13.0 Å². The zero-order chi connectivity index (χ0) is 16.1. The summed E-state index contributed by atoms with van der Waals surface area (Å²) < 4.78 is 0. The van der Waals surface area contributed by atoms with Crippen LogP contribution in [0.4, 0.5) is 0 Å². The van der Waals surface area contributed by atoms with E-state index in [2.05, 4.69) is 48.6 Å². The molecule has 0 fully saturated rings. The van der Waals surface area contributed by atoms with Gasteiger partial charge in [-0.2, -0.15) is 0 Å². The summed E-state index contributed by atoms with van der Waals surface area (Å²) in [6.07, 6.45) is 10.2. The lowest BCUT2D eigenvalue weighted by Gasteiger charge is -2.10. The van der Waals surface area contributed by atoms with Crippen molar-refractivity contribution in [1.82, 2.24) is 0 Å². The maximum atomic E-state index is 11.7. The molecule has 2 aromatic rings.